The molecule has 0 saturated heterocycles. The van der Waals surface area contributed by atoms with Crippen LogP contribution in [0.15, 0.2) is 18.3 Å². The summed E-state index contributed by atoms with van der Waals surface area (Å²) in [4.78, 5) is 0. The Hall–Kier alpha value is -0.410. The molecule has 0 aliphatic rings. The first-order valence-corrected chi connectivity index (χ1v) is 6.91. The third-order valence-corrected chi connectivity index (χ3v) is 3.38. The highest BCUT2D eigenvalue weighted by molar-refractivity contribution is 7.99. The van der Waals surface area contributed by atoms with E-state index in [1.165, 1.54) is 17.2 Å². The Labute approximate surface area is 97.4 Å². The van der Waals surface area contributed by atoms with Crippen molar-refractivity contribution in [3.8, 4) is 0 Å². The van der Waals surface area contributed by atoms with Crippen LogP contribution < -0.4 is 5.32 Å². The molecule has 1 atom stereocenters. The van der Waals surface area contributed by atoms with E-state index in [1.807, 2.05) is 11.8 Å². The minimum absolute atomic E-state index is 0.455. The van der Waals surface area contributed by atoms with Crippen LogP contribution in [0.4, 0.5) is 0 Å². The number of aromatic nitrogens is 1. The summed E-state index contributed by atoms with van der Waals surface area (Å²) in [6, 6.07) is 4.81. The Morgan fingerprint density at radius 2 is 2.27 bits per heavy atom. The maximum Gasteiger partial charge on any atom is 0.0446 e. The first kappa shape index (κ1) is 12.7. The first-order valence-electron chi connectivity index (χ1n) is 5.75. The summed E-state index contributed by atoms with van der Waals surface area (Å²) in [5.41, 5.74) is 1.40. The minimum Gasteiger partial charge on any atom is -0.349 e. The van der Waals surface area contributed by atoms with E-state index in [0.29, 0.717) is 6.04 Å². The van der Waals surface area contributed by atoms with Crippen molar-refractivity contribution in [3.63, 3.8) is 0 Å². The van der Waals surface area contributed by atoms with Crippen molar-refractivity contribution in [1.82, 2.24) is 9.88 Å². The summed E-state index contributed by atoms with van der Waals surface area (Å²) >= 11 is 2.00. The van der Waals surface area contributed by atoms with E-state index in [1.54, 1.807) is 0 Å². The fourth-order valence-corrected chi connectivity index (χ4v) is 2.36. The maximum atomic E-state index is 3.45. The SMILES string of the molecule is CCNC(C)c1cccn1CCSCC. The number of rotatable bonds is 7. The molecule has 0 amide bonds. The Kier molecular flexibility index (Phi) is 5.88. The van der Waals surface area contributed by atoms with Crippen molar-refractivity contribution in [3.05, 3.63) is 24.0 Å². The predicted molar refractivity (Wildman–Crippen MR) is 69.5 cm³/mol. The molecule has 1 rings (SSSR count). The molecule has 1 aromatic heterocycles. The lowest BCUT2D eigenvalue weighted by atomic mass is 10.2. The van der Waals surface area contributed by atoms with Gasteiger partial charge in [-0.1, -0.05) is 13.8 Å². The highest BCUT2D eigenvalue weighted by atomic mass is 32.2. The van der Waals surface area contributed by atoms with E-state index in [9.17, 15) is 0 Å². The van der Waals surface area contributed by atoms with Gasteiger partial charge in [0.1, 0.15) is 0 Å². The topological polar surface area (TPSA) is 17.0 Å². The molecule has 0 saturated carbocycles. The summed E-state index contributed by atoms with van der Waals surface area (Å²) in [5.74, 6) is 2.41. The average Bonchev–Trinajstić information content (AvgIpc) is 2.67. The molecular formula is C12H22N2S. The van der Waals surface area contributed by atoms with Gasteiger partial charge >= 0.3 is 0 Å². The standard InChI is InChI=1S/C12H22N2S/c1-4-13-11(3)12-7-6-8-14(12)9-10-15-5-2/h6-8,11,13H,4-5,9-10H2,1-3H3. The van der Waals surface area contributed by atoms with Gasteiger partial charge in [-0.3, -0.25) is 0 Å². The van der Waals surface area contributed by atoms with Crippen LogP contribution in [0.3, 0.4) is 0 Å². The van der Waals surface area contributed by atoms with E-state index in [2.05, 4.69) is 49.0 Å². The van der Waals surface area contributed by atoms with Crippen LogP contribution in [0, 0.1) is 0 Å². The second kappa shape index (κ2) is 6.96. The second-order valence-corrected chi connectivity index (χ2v) is 5.00. The number of nitrogens with zero attached hydrogens (tertiary/aromatic N) is 1. The minimum atomic E-state index is 0.455. The van der Waals surface area contributed by atoms with Crippen molar-refractivity contribution in [2.45, 2.75) is 33.4 Å². The fraction of sp³-hybridized carbons (Fsp3) is 0.667. The first-order chi connectivity index (χ1) is 7.29. The molecule has 1 aromatic rings. The van der Waals surface area contributed by atoms with Gasteiger partial charge in [-0.2, -0.15) is 11.8 Å². The summed E-state index contributed by atoms with van der Waals surface area (Å²) in [7, 11) is 0. The van der Waals surface area contributed by atoms with Gasteiger partial charge < -0.3 is 9.88 Å². The molecule has 0 aliphatic carbocycles. The molecule has 0 aromatic carbocycles. The molecule has 1 heterocycles. The van der Waals surface area contributed by atoms with Crippen LogP contribution >= 0.6 is 11.8 Å². The third kappa shape index (κ3) is 3.92. The lowest BCUT2D eigenvalue weighted by Crippen LogP contribution is -2.21. The number of aryl methyl sites for hydroxylation is 1. The van der Waals surface area contributed by atoms with Crippen LogP contribution in [0.5, 0.6) is 0 Å². The zero-order chi connectivity index (χ0) is 11.1. The van der Waals surface area contributed by atoms with Crippen molar-refractivity contribution in [2.24, 2.45) is 0 Å². The van der Waals surface area contributed by atoms with Gasteiger partial charge in [0.05, 0.1) is 0 Å². The Bertz CT molecular complexity index is 270. The van der Waals surface area contributed by atoms with Gasteiger partial charge in [0.25, 0.3) is 0 Å². The van der Waals surface area contributed by atoms with Crippen LogP contribution in [0.25, 0.3) is 0 Å². The highest BCUT2D eigenvalue weighted by Gasteiger charge is 2.07. The van der Waals surface area contributed by atoms with E-state index in [-0.39, 0.29) is 0 Å². The summed E-state index contributed by atoms with van der Waals surface area (Å²) in [6.45, 7) is 8.73. The molecule has 86 valence electrons. The highest BCUT2D eigenvalue weighted by Crippen LogP contribution is 2.14. The number of nitrogens with one attached hydrogen (secondary N) is 1. The smallest absolute Gasteiger partial charge is 0.0446 e. The average molecular weight is 226 g/mol. The van der Waals surface area contributed by atoms with Crippen LogP contribution in [-0.2, 0) is 6.54 Å². The fourth-order valence-electron chi connectivity index (χ4n) is 1.74. The van der Waals surface area contributed by atoms with E-state index in [4.69, 9.17) is 0 Å². The van der Waals surface area contributed by atoms with E-state index < -0.39 is 0 Å². The summed E-state index contributed by atoms with van der Waals surface area (Å²) in [5, 5.41) is 3.45. The van der Waals surface area contributed by atoms with Crippen molar-refractivity contribution < 1.29 is 0 Å². The molecule has 0 radical (unpaired) electrons. The molecule has 0 aliphatic heterocycles. The monoisotopic (exact) mass is 226 g/mol. The maximum absolute atomic E-state index is 3.45. The number of hydrogen-bond donors (Lipinski definition) is 1. The zero-order valence-electron chi connectivity index (χ0n) is 9.99. The molecule has 15 heavy (non-hydrogen) atoms. The van der Waals surface area contributed by atoms with Crippen molar-refractivity contribution >= 4 is 11.8 Å². The zero-order valence-corrected chi connectivity index (χ0v) is 10.8. The van der Waals surface area contributed by atoms with Gasteiger partial charge in [-0.05, 0) is 31.4 Å². The normalized spacial score (nSPS) is 13.0. The van der Waals surface area contributed by atoms with Crippen LogP contribution in [-0.4, -0.2) is 22.6 Å². The third-order valence-electron chi connectivity index (χ3n) is 2.50. The number of thioether (sulfide) groups is 1. The molecular weight excluding hydrogens is 204 g/mol. The molecule has 0 fully saturated rings. The largest absolute Gasteiger partial charge is 0.349 e. The molecule has 1 N–H and O–H groups in total. The van der Waals surface area contributed by atoms with Crippen molar-refractivity contribution in [2.75, 3.05) is 18.1 Å². The van der Waals surface area contributed by atoms with Gasteiger partial charge in [0.15, 0.2) is 0 Å². The van der Waals surface area contributed by atoms with Crippen LogP contribution in [0.2, 0.25) is 0 Å². The molecule has 0 spiro atoms. The van der Waals surface area contributed by atoms with Gasteiger partial charge in [-0.15, -0.1) is 0 Å². The molecule has 2 nitrogen and oxygen atoms in total. The summed E-state index contributed by atoms with van der Waals surface area (Å²) in [6.07, 6.45) is 2.18. The lowest BCUT2D eigenvalue weighted by Gasteiger charge is -2.16. The van der Waals surface area contributed by atoms with Gasteiger partial charge in [0.2, 0.25) is 0 Å². The van der Waals surface area contributed by atoms with Gasteiger partial charge in [0, 0.05) is 30.2 Å². The van der Waals surface area contributed by atoms with Crippen molar-refractivity contribution in [1.29, 1.82) is 0 Å². The van der Waals surface area contributed by atoms with E-state index >= 15 is 0 Å². The van der Waals surface area contributed by atoms with Crippen LogP contribution in [0.1, 0.15) is 32.5 Å². The Morgan fingerprint density at radius 1 is 1.47 bits per heavy atom. The molecule has 3 heteroatoms. The van der Waals surface area contributed by atoms with E-state index in [0.717, 1.165) is 13.1 Å². The van der Waals surface area contributed by atoms with Gasteiger partial charge in [-0.25, -0.2) is 0 Å². The second-order valence-electron chi connectivity index (χ2n) is 3.60. The Morgan fingerprint density at radius 3 is 2.93 bits per heavy atom. The quantitative estimate of drug-likeness (QED) is 0.720. The molecule has 0 bridgehead atoms. The number of hydrogen-bond acceptors (Lipinski definition) is 2. The summed E-state index contributed by atoms with van der Waals surface area (Å²) < 4.78 is 2.36. The molecule has 1 unspecified atom stereocenters. The Balaban J connectivity index is 2.52. The lowest BCUT2D eigenvalue weighted by molar-refractivity contribution is 0.550. The predicted octanol–water partition coefficient (Wildman–Crippen LogP) is 2.91.